The number of rotatable bonds is 2. The molecule has 2 rings (SSSR count). The fourth-order valence-electron chi connectivity index (χ4n) is 1.72. The summed E-state index contributed by atoms with van der Waals surface area (Å²) in [4.78, 5) is 17.3. The average Bonchev–Trinajstić information content (AvgIpc) is 2.39. The first kappa shape index (κ1) is 11.7. The number of hydrogen-bond donors (Lipinski definition) is 1. The second kappa shape index (κ2) is 5.05. The lowest BCUT2D eigenvalue weighted by molar-refractivity contribution is -0.144. The SMILES string of the molecule is COc1ccc(C(=O)N2CCCCO2)cc1O. The molecule has 17 heavy (non-hydrogen) atoms. The van der Waals surface area contributed by atoms with Gasteiger partial charge in [0, 0.05) is 12.1 Å². The van der Waals surface area contributed by atoms with Crippen molar-refractivity contribution < 1.29 is 19.5 Å². The van der Waals surface area contributed by atoms with Crippen LogP contribution in [0.4, 0.5) is 0 Å². The second-order valence-corrected chi connectivity index (χ2v) is 3.83. The number of aromatic hydroxyl groups is 1. The normalized spacial score (nSPS) is 15.7. The van der Waals surface area contributed by atoms with Gasteiger partial charge in [0.1, 0.15) is 0 Å². The quantitative estimate of drug-likeness (QED) is 0.848. The first-order valence-corrected chi connectivity index (χ1v) is 5.54. The maximum absolute atomic E-state index is 12.0. The predicted octanol–water partition coefficient (Wildman–Crippen LogP) is 1.57. The predicted molar refractivity (Wildman–Crippen MR) is 60.9 cm³/mol. The summed E-state index contributed by atoms with van der Waals surface area (Å²) in [5.74, 6) is 0.0686. The minimum absolute atomic E-state index is 0.0460. The maximum Gasteiger partial charge on any atom is 0.277 e. The molecule has 0 unspecified atom stereocenters. The van der Waals surface area contributed by atoms with E-state index in [4.69, 9.17) is 9.57 Å². The highest BCUT2D eigenvalue weighted by molar-refractivity contribution is 5.94. The molecule has 92 valence electrons. The topological polar surface area (TPSA) is 59.0 Å². The van der Waals surface area contributed by atoms with Crippen molar-refractivity contribution in [3.63, 3.8) is 0 Å². The van der Waals surface area contributed by atoms with Gasteiger partial charge in [-0.05, 0) is 31.0 Å². The van der Waals surface area contributed by atoms with Crippen LogP contribution in [0.3, 0.4) is 0 Å². The number of phenolic OH excluding ortho intramolecular Hbond substituents is 1. The van der Waals surface area contributed by atoms with E-state index in [0.717, 1.165) is 12.8 Å². The number of ether oxygens (including phenoxy) is 1. The molecule has 1 aromatic carbocycles. The third kappa shape index (κ3) is 2.50. The van der Waals surface area contributed by atoms with Crippen molar-refractivity contribution in [2.24, 2.45) is 0 Å². The molecule has 0 bridgehead atoms. The molecule has 0 spiro atoms. The highest BCUT2D eigenvalue weighted by Gasteiger charge is 2.20. The molecule has 0 aliphatic carbocycles. The van der Waals surface area contributed by atoms with Gasteiger partial charge in [0.2, 0.25) is 0 Å². The summed E-state index contributed by atoms with van der Waals surface area (Å²) in [6.07, 6.45) is 1.91. The number of methoxy groups -OCH3 is 1. The van der Waals surface area contributed by atoms with Gasteiger partial charge in [-0.25, -0.2) is 5.06 Å². The summed E-state index contributed by atoms with van der Waals surface area (Å²) in [6, 6.07) is 4.56. The lowest BCUT2D eigenvalue weighted by atomic mass is 10.1. The molecule has 1 heterocycles. The monoisotopic (exact) mass is 237 g/mol. The number of hydroxylamine groups is 2. The van der Waals surface area contributed by atoms with Gasteiger partial charge in [0.05, 0.1) is 13.7 Å². The van der Waals surface area contributed by atoms with Crippen LogP contribution in [0.15, 0.2) is 18.2 Å². The fourth-order valence-corrected chi connectivity index (χ4v) is 1.72. The van der Waals surface area contributed by atoms with Crippen LogP contribution < -0.4 is 4.74 Å². The highest BCUT2D eigenvalue weighted by atomic mass is 16.7. The van der Waals surface area contributed by atoms with Gasteiger partial charge < -0.3 is 9.84 Å². The minimum Gasteiger partial charge on any atom is -0.504 e. The van der Waals surface area contributed by atoms with E-state index in [1.165, 1.54) is 18.2 Å². The summed E-state index contributed by atoms with van der Waals surface area (Å²) in [7, 11) is 1.46. The Hall–Kier alpha value is -1.75. The molecular formula is C12H15NO4. The average molecular weight is 237 g/mol. The first-order chi connectivity index (χ1) is 8.22. The standard InChI is InChI=1S/C12H15NO4/c1-16-11-5-4-9(8-10(11)14)12(15)13-6-2-3-7-17-13/h4-5,8,14H,2-3,6-7H2,1H3. The van der Waals surface area contributed by atoms with Crippen LogP contribution in [-0.4, -0.2) is 36.3 Å². The van der Waals surface area contributed by atoms with Gasteiger partial charge >= 0.3 is 0 Å². The third-order valence-corrected chi connectivity index (χ3v) is 2.65. The van der Waals surface area contributed by atoms with Gasteiger partial charge in [-0.15, -0.1) is 0 Å². The van der Waals surface area contributed by atoms with Crippen molar-refractivity contribution in [3.8, 4) is 11.5 Å². The van der Waals surface area contributed by atoms with E-state index in [9.17, 15) is 9.90 Å². The van der Waals surface area contributed by atoms with Gasteiger partial charge in [-0.3, -0.25) is 9.63 Å². The van der Waals surface area contributed by atoms with E-state index in [-0.39, 0.29) is 11.7 Å². The number of carbonyl (C=O) groups is 1. The van der Waals surface area contributed by atoms with Crippen molar-refractivity contribution in [3.05, 3.63) is 23.8 Å². The molecule has 5 nitrogen and oxygen atoms in total. The number of carbonyl (C=O) groups excluding carboxylic acids is 1. The number of hydrogen-bond acceptors (Lipinski definition) is 4. The van der Waals surface area contributed by atoms with Crippen LogP contribution in [0.25, 0.3) is 0 Å². The van der Waals surface area contributed by atoms with E-state index in [0.29, 0.717) is 24.5 Å². The summed E-state index contributed by atoms with van der Waals surface area (Å²) < 4.78 is 4.92. The molecule has 1 amide bonds. The number of benzene rings is 1. The highest BCUT2D eigenvalue weighted by Crippen LogP contribution is 2.27. The van der Waals surface area contributed by atoms with Crippen molar-refractivity contribution in [1.82, 2.24) is 5.06 Å². The Morgan fingerprint density at radius 3 is 2.88 bits per heavy atom. The Balaban J connectivity index is 2.16. The van der Waals surface area contributed by atoms with E-state index in [2.05, 4.69) is 0 Å². The van der Waals surface area contributed by atoms with Crippen LogP contribution in [0.1, 0.15) is 23.2 Å². The zero-order chi connectivity index (χ0) is 12.3. The Bertz CT molecular complexity index is 413. The summed E-state index contributed by atoms with van der Waals surface area (Å²) in [6.45, 7) is 1.15. The van der Waals surface area contributed by atoms with Gasteiger partial charge in [-0.2, -0.15) is 0 Å². The van der Waals surface area contributed by atoms with Crippen molar-refractivity contribution in [1.29, 1.82) is 0 Å². The summed E-state index contributed by atoms with van der Waals surface area (Å²) in [5, 5.41) is 10.9. The zero-order valence-electron chi connectivity index (χ0n) is 9.68. The number of nitrogens with zero attached hydrogens (tertiary/aromatic N) is 1. The molecule has 0 aromatic heterocycles. The zero-order valence-corrected chi connectivity index (χ0v) is 9.68. The van der Waals surface area contributed by atoms with Crippen molar-refractivity contribution in [2.45, 2.75) is 12.8 Å². The molecule has 0 saturated carbocycles. The Labute approximate surface area is 99.5 Å². The smallest absolute Gasteiger partial charge is 0.277 e. The lowest BCUT2D eigenvalue weighted by Crippen LogP contribution is -2.35. The Morgan fingerprint density at radius 2 is 2.29 bits per heavy atom. The minimum atomic E-state index is -0.234. The Kier molecular flexibility index (Phi) is 3.49. The van der Waals surface area contributed by atoms with Gasteiger partial charge in [0.15, 0.2) is 11.5 Å². The summed E-state index contributed by atoms with van der Waals surface area (Å²) >= 11 is 0. The van der Waals surface area contributed by atoms with Crippen molar-refractivity contribution in [2.75, 3.05) is 20.3 Å². The van der Waals surface area contributed by atoms with E-state index < -0.39 is 0 Å². The number of amides is 1. The second-order valence-electron chi connectivity index (χ2n) is 3.83. The molecule has 1 N–H and O–H groups in total. The Morgan fingerprint density at radius 1 is 1.47 bits per heavy atom. The van der Waals surface area contributed by atoms with Gasteiger partial charge in [0.25, 0.3) is 5.91 Å². The molecule has 1 saturated heterocycles. The molecule has 1 fully saturated rings. The van der Waals surface area contributed by atoms with Crippen molar-refractivity contribution >= 4 is 5.91 Å². The van der Waals surface area contributed by atoms with Crippen LogP contribution >= 0.6 is 0 Å². The van der Waals surface area contributed by atoms with Gasteiger partial charge in [-0.1, -0.05) is 0 Å². The fraction of sp³-hybridized carbons (Fsp3) is 0.417. The van der Waals surface area contributed by atoms with E-state index in [1.54, 1.807) is 12.1 Å². The van der Waals surface area contributed by atoms with Crippen LogP contribution in [0.2, 0.25) is 0 Å². The lowest BCUT2D eigenvalue weighted by Gasteiger charge is -2.25. The maximum atomic E-state index is 12.0. The molecule has 5 heteroatoms. The molecule has 1 aliphatic rings. The molecule has 1 aromatic rings. The molecule has 0 radical (unpaired) electrons. The third-order valence-electron chi connectivity index (χ3n) is 2.65. The molecule has 1 aliphatic heterocycles. The molecule has 0 atom stereocenters. The largest absolute Gasteiger partial charge is 0.504 e. The van der Waals surface area contributed by atoms with Crippen LogP contribution in [0, 0.1) is 0 Å². The van der Waals surface area contributed by atoms with Crippen LogP contribution in [-0.2, 0) is 4.84 Å². The van der Waals surface area contributed by atoms with E-state index in [1.807, 2.05) is 0 Å². The number of phenols is 1. The molecular weight excluding hydrogens is 222 g/mol. The van der Waals surface area contributed by atoms with E-state index >= 15 is 0 Å². The van der Waals surface area contributed by atoms with Crippen LogP contribution in [0.5, 0.6) is 11.5 Å². The summed E-state index contributed by atoms with van der Waals surface area (Å²) in [5.41, 5.74) is 0.394. The first-order valence-electron chi connectivity index (χ1n) is 5.54.